The molecular weight excluding hydrogens is 352 g/mol. The molecule has 0 fully saturated rings. The summed E-state index contributed by atoms with van der Waals surface area (Å²) in [5.74, 6) is 1.46. The quantitative estimate of drug-likeness (QED) is 0.796. The van der Waals surface area contributed by atoms with Crippen LogP contribution in [0.1, 0.15) is 17.2 Å². The molecule has 1 aliphatic rings. The molecule has 0 aliphatic carbocycles. The Balaban J connectivity index is 1.84. The zero-order chi connectivity index (χ0) is 17.2. The summed E-state index contributed by atoms with van der Waals surface area (Å²) in [7, 11) is -3.41. The van der Waals surface area contributed by atoms with E-state index in [-0.39, 0.29) is 13.1 Å². The maximum Gasteiger partial charge on any atom is 0.211 e. The van der Waals surface area contributed by atoms with Gasteiger partial charge in [-0.2, -0.15) is 4.31 Å². The van der Waals surface area contributed by atoms with E-state index in [0.717, 1.165) is 11.4 Å². The van der Waals surface area contributed by atoms with Gasteiger partial charge in [0.05, 0.1) is 26.0 Å². The van der Waals surface area contributed by atoms with Crippen molar-refractivity contribution >= 4 is 21.6 Å². The average Bonchev–Trinajstić information content (AvgIpc) is 2.74. The van der Waals surface area contributed by atoms with E-state index in [0.29, 0.717) is 37.0 Å². The molecule has 7 nitrogen and oxygen atoms in total. The number of sulfonamides is 1. The van der Waals surface area contributed by atoms with Gasteiger partial charge in [0.1, 0.15) is 11.6 Å². The molecule has 9 heteroatoms. The van der Waals surface area contributed by atoms with Crippen molar-refractivity contribution in [2.75, 3.05) is 19.5 Å². The first-order chi connectivity index (χ1) is 11.4. The second-order valence-corrected chi connectivity index (χ2v) is 8.13. The van der Waals surface area contributed by atoms with Gasteiger partial charge >= 0.3 is 0 Å². The van der Waals surface area contributed by atoms with Crippen LogP contribution in [0.15, 0.2) is 24.3 Å². The number of rotatable bonds is 5. The lowest BCUT2D eigenvalue weighted by atomic mass is 10.2. The summed E-state index contributed by atoms with van der Waals surface area (Å²) < 4.78 is 33.1. The van der Waals surface area contributed by atoms with E-state index < -0.39 is 10.0 Å². The van der Waals surface area contributed by atoms with Crippen LogP contribution in [0.25, 0.3) is 0 Å². The van der Waals surface area contributed by atoms with Crippen LogP contribution >= 0.6 is 11.6 Å². The van der Waals surface area contributed by atoms with Gasteiger partial charge in [0, 0.05) is 24.5 Å². The predicted molar refractivity (Wildman–Crippen MR) is 90.1 cm³/mol. The van der Waals surface area contributed by atoms with E-state index in [4.69, 9.17) is 16.3 Å². The second-order valence-electron chi connectivity index (χ2n) is 5.71. The normalized spacial score (nSPS) is 15.3. The molecule has 0 N–H and O–H groups in total. The number of fused-ring (bicyclic) bond motifs is 1. The van der Waals surface area contributed by atoms with Gasteiger partial charge in [-0.05, 0) is 17.7 Å². The molecule has 0 atom stereocenters. The van der Waals surface area contributed by atoms with E-state index in [1.54, 1.807) is 18.2 Å². The van der Waals surface area contributed by atoms with Crippen LogP contribution in [0, 0.1) is 0 Å². The molecule has 0 unspecified atom stereocenters. The summed E-state index contributed by atoms with van der Waals surface area (Å²) in [5, 5.41) is 8.92. The van der Waals surface area contributed by atoms with Gasteiger partial charge in [-0.15, -0.1) is 10.2 Å². The van der Waals surface area contributed by atoms with E-state index in [1.807, 2.05) is 10.6 Å². The van der Waals surface area contributed by atoms with Crippen LogP contribution in [-0.4, -0.2) is 47.0 Å². The summed E-state index contributed by atoms with van der Waals surface area (Å²) in [6, 6.07) is 7.17. The Morgan fingerprint density at radius 3 is 2.88 bits per heavy atom. The van der Waals surface area contributed by atoms with Crippen LogP contribution in [-0.2, 0) is 40.8 Å². The molecule has 0 amide bonds. The number of halogens is 1. The lowest BCUT2D eigenvalue weighted by Gasteiger charge is -2.20. The number of aromatic nitrogens is 3. The van der Waals surface area contributed by atoms with Crippen molar-refractivity contribution in [2.45, 2.75) is 26.1 Å². The van der Waals surface area contributed by atoms with Crippen molar-refractivity contribution in [3.63, 3.8) is 0 Å². The third kappa shape index (κ3) is 4.13. The zero-order valence-electron chi connectivity index (χ0n) is 13.4. The third-order valence-electron chi connectivity index (χ3n) is 3.87. The zero-order valence-corrected chi connectivity index (χ0v) is 14.9. The molecule has 2 aromatic rings. The standard InChI is InChI=1S/C15H19ClN4O3S/c1-24(21,22)19(10-12-3-2-4-13(16)9-12)11-15-18-17-14-5-7-23-8-6-20(14)15/h2-4,9H,5-8,10-11H2,1H3. The minimum absolute atomic E-state index is 0.165. The molecule has 2 heterocycles. The molecule has 1 aromatic carbocycles. The lowest BCUT2D eigenvalue weighted by molar-refractivity contribution is 0.139. The molecular formula is C15H19ClN4O3S. The average molecular weight is 371 g/mol. The summed E-state index contributed by atoms with van der Waals surface area (Å²) in [4.78, 5) is 0. The van der Waals surface area contributed by atoms with Crippen molar-refractivity contribution in [3.05, 3.63) is 46.5 Å². The van der Waals surface area contributed by atoms with Crippen molar-refractivity contribution in [2.24, 2.45) is 0 Å². The van der Waals surface area contributed by atoms with E-state index >= 15 is 0 Å². The number of nitrogens with zero attached hydrogens (tertiary/aromatic N) is 4. The Morgan fingerprint density at radius 2 is 2.12 bits per heavy atom. The minimum atomic E-state index is -3.41. The highest BCUT2D eigenvalue weighted by Crippen LogP contribution is 2.17. The molecule has 0 saturated heterocycles. The first-order valence-corrected chi connectivity index (χ1v) is 9.84. The Bertz CT molecular complexity index is 822. The third-order valence-corrected chi connectivity index (χ3v) is 5.30. The fraction of sp³-hybridized carbons (Fsp3) is 0.467. The molecule has 0 saturated carbocycles. The van der Waals surface area contributed by atoms with Crippen molar-refractivity contribution in [1.82, 2.24) is 19.1 Å². The highest BCUT2D eigenvalue weighted by molar-refractivity contribution is 7.88. The number of benzene rings is 1. The van der Waals surface area contributed by atoms with Gasteiger partial charge in [-0.3, -0.25) is 0 Å². The molecule has 0 spiro atoms. The van der Waals surface area contributed by atoms with Gasteiger partial charge in [0.25, 0.3) is 0 Å². The first-order valence-electron chi connectivity index (χ1n) is 7.62. The molecule has 1 aliphatic heterocycles. The smallest absolute Gasteiger partial charge is 0.211 e. The highest BCUT2D eigenvalue weighted by Gasteiger charge is 2.22. The fourth-order valence-electron chi connectivity index (χ4n) is 2.64. The van der Waals surface area contributed by atoms with Crippen molar-refractivity contribution in [1.29, 1.82) is 0 Å². The maximum atomic E-state index is 12.2. The van der Waals surface area contributed by atoms with E-state index in [2.05, 4.69) is 10.2 Å². The fourth-order valence-corrected chi connectivity index (χ4v) is 3.59. The van der Waals surface area contributed by atoms with Gasteiger partial charge in [0.15, 0.2) is 0 Å². The van der Waals surface area contributed by atoms with Gasteiger partial charge < -0.3 is 9.30 Å². The summed E-state index contributed by atoms with van der Waals surface area (Å²) in [6.07, 6.45) is 1.88. The molecule has 0 bridgehead atoms. The number of ether oxygens (including phenoxy) is 1. The first kappa shape index (κ1) is 17.3. The van der Waals surface area contributed by atoms with E-state index in [1.165, 1.54) is 10.6 Å². The molecule has 24 heavy (non-hydrogen) atoms. The monoisotopic (exact) mass is 370 g/mol. The largest absolute Gasteiger partial charge is 0.379 e. The molecule has 0 radical (unpaired) electrons. The summed E-state index contributed by atoms with van der Waals surface area (Å²) in [6.45, 7) is 2.21. The van der Waals surface area contributed by atoms with Gasteiger partial charge in [-0.1, -0.05) is 23.7 Å². The highest BCUT2D eigenvalue weighted by atomic mass is 35.5. The molecule has 130 valence electrons. The lowest BCUT2D eigenvalue weighted by Crippen LogP contribution is -2.30. The van der Waals surface area contributed by atoms with Crippen LogP contribution < -0.4 is 0 Å². The van der Waals surface area contributed by atoms with Gasteiger partial charge in [0.2, 0.25) is 10.0 Å². The van der Waals surface area contributed by atoms with Crippen LogP contribution in [0.2, 0.25) is 5.02 Å². The van der Waals surface area contributed by atoms with Gasteiger partial charge in [-0.25, -0.2) is 8.42 Å². The molecule has 1 aromatic heterocycles. The minimum Gasteiger partial charge on any atom is -0.379 e. The summed E-state index contributed by atoms with van der Waals surface area (Å²) in [5.41, 5.74) is 0.826. The Morgan fingerprint density at radius 1 is 1.29 bits per heavy atom. The van der Waals surface area contributed by atoms with Crippen LogP contribution in [0.5, 0.6) is 0 Å². The number of hydrogen-bond donors (Lipinski definition) is 0. The van der Waals surface area contributed by atoms with Crippen molar-refractivity contribution < 1.29 is 13.2 Å². The SMILES string of the molecule is CS(=O)(=O)N(Cc1cccc(Cl)c1)Cc1nnc2n1CCOCC2. The Labute approximate surface area is 146 Å². The maximum absolute atomic E-state index is 12.2. The van der Waals surface area contributed by atoms with E-state index in [9.17, 15) is 8.42 Å². The summed E-state index contributed by atoms with van der Waals surface area (Å²) >= 11 is 5.99. The Kier molecular flexibility index (Phi) is 5.19. The van der Waals surface area contributed by atoms with Crippen LogP contribution in [0.4, 0.5) is 0 Å². The predicted octanol–water partition coefficient (Wildman–Crippen LogP) is 1.47. The topological polar surface area (TPSA) is 77.3 Å². The second kappa shape index (κ2) is 7.18. The molecule has 3 rings (SSSR count). The van der Waals surface area contributed by atoms with Crippen LogP contribution in [0.3, 0.4) is 0 Å². The Hall–Kier alpha value is -1.48. The number of hydrogen-bond acceptors (Lipinski definition) is 5. The van der Waals surface area contributed by atoms with Crippen molar-refractivity contribution in [3.8, 4) is 0 Å².